The van der Waals surface area contributed by atoms with Crippen LogP contribution < -0.4 is 0 Å². The van der Waals surface area contributed by atoms with Gasteiger partial charge in [0.1, 0.15) is 5.92 Å². The van der Waals surface area contributed by atoms with Gasteiger partial charge in [0.05, 0.1) is 6.61 Å². The fraction of sp³-hybridized carbons (Fsp3) is 0.417. The molecule has 0 aliphatic carbocycles. The summed E-state index contributed by atoms with van der Waals surface area (Å²) in [6.45, 7) is 3.91. The normalized spacial score (nSPS) is 13.2. The Kier molecular flexibility index (Phi) is 5.11. The summed E-state index contributed by atoms with van der Waals surface area (Å²) < 4.78 is 3.20. The van der Waals surface area contributed by atoms with Crippen LogP contribution in [0.5, 0.6) is 0 Å². The molecule has 1 aromatic rings. The lowest BCUT2D eigenvalue weighted by Gasteiger charge is -2.22. The summed E-state index contributed by atoms with van der Waals surface area (Å²) in [4.78, 5) is 11.8. The van der Waals surface area contributed by atoms with Crippen molar-refractivity contribution in [2.24, 2.45) is 0 Å². The number of hydrogen-bond donors (Lipinski definition) is 0. The van der Waals surface area contributed by atoms with Crippen molar-refractivity contribution < 1.29 is 9.53 Å². The van der Waals surface area contributed by atoms with E-state index in [0.717, 1.165) is 5.56 Å². The van der Waals surface area contributed by atoms with Gasteiger partial charge in [0.2, 0.25) is 3.79 Å². The van der Waals surface area contributed by atoms with Crippen molar-refractivity contribution in [3.8, 4) is 0 Å². The molecular formula is C12H13Cl3O2. The number of halogens is 3. The van der Waals surface area contributed by atoms with Gasteiger partial charge in [0.15, 0.2) is 0 Å². The van der Waals surface area contributed by atoms with Gasteiger partial charge in [-0.1, -0.05) is 64.6 Å². The number of rotatable bonds is 3. The Morgan fingerprint density at radius 2 is 1.82 bits per heavy atom. The summed E-state index contributed by atoms with van der Waals surface area (Å²) in [5.41, 5.74) is 1.70. The topological polar surface area (TPSA) is 26.3 Å². The molecule has 5 heteroatoms. The Balaban J connectivity index is 3.07. The number of aryl methyl sites for hydroxylation is 1. The summed E-state index contributed by atoms with van der Waals surface area (Å²) in [5.74, 6) is -1.44. The highest BCUT2D eigenvalue weighted by Crippen LogP contribution is 2.42. The first kappa shape index (κ1) is 14.6. The average Bonchev–Trinajstić information content (AvgIpc) is 2.19. The molecule has 1 unspecified atom stereocenters. The van der Waals surface area contributed by atoms with Crippen LogP contribution in [-0.2, 0) is 9.53 Å². The van der Waals surface area contributed by atoms with Crippen molar-refractivity contribution in [3.63, 3.8) is 0 Å². The van der Waals surface area contributed by atoms with E-state index in [1.165, 1.54) is 0 Å². The summed E-state index contributed by atoms with van der Waals surface area (Å²) >= 11 is 17.5. The smallest absolute Gasteiger partial charge is 0.317 e. The third kappa shape index (κ3) is 4.06. The van der Waals surface area contributed by atoms with Gasteiger partial charge in [0, 0.05) is 0 Å². The first-order valence-electron chi connectivity index (χ1n) is 5.16. The average molecular weight is 296 g/mol. The number of carbonyl (C=O) groups excluding carboxylic acids is 1. The molecule has 17 heavy (non-hydrogen) atoms. The lowest BCUT2D eigenvalue weighted by molar-refractivity contribution is -0.144. The highest BCUT2D eigenvalue weighted by molar-refractivity contribution is 6.68. The minimum atomic E-state index is -1.72. The van der Waals surface area contributed by atoms with Crippen LogP contribution in [0.15, 0.2) is 24.3 Å². The molecule has 1 rings (SSSR count). The van der Waals surface area contributed by atoms with Crippen molar-refractivity contribution >= 4 is 40.8 Å². The van der Waals surface area contributed by atoms with E-state index in [-0.39, 0.29) is 6.61 Å². The van der Waals surface area contributed by atoms with E-state index in [9.17, 15) is 4.79 Å². The lowest BCUT2D eigenvalue weighted by atomic mass is 9.99. The monoisotopic (exact) mass is 294 g/mol. The largest absolute Gasteiger partial charge is 0.465 e. The number of esters is 1. The standard InChI is InChI=1S/C12H13Cl3O2/c1-3-17-11(16)10(12(13,14)15)9-6-4-8(2)5-7-9/h4-7,10H,3H2,1-2H3. The van der Waals surface area contributed by atoms with Gasteiger partial charge in [0.25, 0.3) is 0 Å². The predicted molar refractivity (Wildman–Crippen MR) is 70.8 cm³/mol. The van der Waals surface area contributed by atoms with Gasteiger partial charge in [-0.25, -0.2) is 0 Å². The van der Waals surface area contributed by atoms with E-state index in [1.54, 1.807) is 19.1 Å². The fourth-order valence-electron chi connectivity index (χ4n) is 1.44. The molecule has 0 N–H and O–H groups in total. The Bertz CT molecular complexity index is 382. The molecule has 1 atom stereocenters. The second kappa shape index (κ2) is 5.94. The maximum Gasteiger partial charge on any atom is 0.317 e. The molecule has 0 fully saturated rings. The Morgan fingerprint density at radius 3 is 2.24 bits per heavy atom. The highest BCUT2D eigenvalue weighted by atomic mass is 35.6. The summed E-state index contributed by atoms with van der Waals surface area (Å²) in [6.07, 6.45) is 0. The Morgan fingerprint density at radius 1 is 1.29 bits per heavy atom. The molecule has 0 bridgehead atoms. The SMILES string of the molecule is CCOC(=O)C(c1ccc(C)cc1)C(Cl)(Cl)Cl. The van der Waals surface area contributed by atoms with E-state index in [2.05, 4.69) is 0 Å². The van der Waals surface area contributed by atoms with E-state index < -0.39 is 15.7 Å². The molecule has 0 aromatic heterocycles. The maximum atomic E-state index is 11.8. The molecule has 0 aliphatic heterocycles. The van der Waals surface area contributed by atoms with E-state index in [1.807, 2.05) is 19.1 Å². The zero-order valence-corrected chi connectivity index (χ0v) is 11.8. The van der Waals surface area contributed by atoms with E-state index in [0.29, 0.717) is 5.56 Å². The third-order valence-corrected chi connectivity index (χ3v) is 2.91. The third-order valence-electron chi connectivity index (χ3n) is 2.26. The maximum absolute atomic E-state index is 11.8. The van der Waals surface area contributed by atoms with Crippen LogP contribution in [0.4, 0.5) is 0 Å². The number of alkyl halides is 3. The molecule has 0 aliphatic rings. The van der Waals surface area contributed by atoms with Gasteiger partial charge < -0.3 is 4.74 Å². The number of ether oxygens (including phenoxy) is 1. The minimum Gasteiger partial charge on any atom is -0.465 e. The molecule has 0 heterocycles. The molecule has 0 saturated carbocycles. The second-order valence-electron chi connectivity index (χ2n) is 3.64. The first-order chi connectivity index (χ1) is 7.86. The van der Waals surface area contributed by atoms with Gasteiger partial charge >= 0.3 is 5.97 Å². The zero-order valence-electron chi connectivity index (χ0n) is 9.54. The number of carbonyl (C=O) groups is 1. The molecule has 94 valence electrons. The van der Waals surface area contributed by atoms with Crippen LogP contribution in [0.25, 0.3) is 0 Å². The molecule has 0 amide bonds. The van der Waals surface area contributed by atoms with Gasteiger partial charge in [-0.3, -0.25) is 4.79 Å². The molecule has 1 aromatic carbocycles. The second-order valence-corrected chi connectivity index (χ2v) is 6.01. The summed E-state index contributed by atoms with van der Waals surface area (Å²) in [5, 5.41) is 0. The number of hydrogen-bond acceptors (Lipinski definition) is 2. The molecule has 0 spiro atoms. The van der Waals surface area contributed by atoms with Crippen LogP contribution in [0.2, 0.25) is 0 Å². The molecule has 0 radical (unpaired) electrons. The first-order valence-corrected chi connectivity index (χ1v) is 6.29. The fourth-order valence-corrected chi connectivity index (χ4v) is 2.09. The van der Waals surface area contributed by atoms with Crippen molar-refractivity contribution in [2.75, 3.05) is 6.61 Å². The van der Waals surface area contributed by atoms with Crippen LogP contribution in [0.3, 0.4) is 0 Å². The van der Waals surface area contributed by atoms with Gasteiger partial charge in [-0.05, 0) is 19.4 Å². The molecule has 2 nitrogen and oxygen atoms in total. The van der Waals surface area contributed by atoms with E-state index in [4.69, 9.17) is 39.5 Å². The molecular weight excluding hydrogens is 282 g/mol. The van der Waals surface area contributed by atoms with Crippen molar-refractivity contribution in [1.82, 2.24) is 0 Å². The van der Waals surface area contributed by atoms with Crippen LogP contribution in [0.1, 0.15) is 24.0 Å². The van der Waals surface area contributed by atoms with Gasteiger partial charge in [-0.15, -0.1) is 0 Å². The van der Waals surface area contributed by atoms with Crippen LogP contribution in [0, 0.1) is 6.92 Å². The predicted octanol–water partition coefficient (Wildman–Crippen LogP) is 4.01. The Labute approximate surface area is 116 Å². The highest BCUT2D eigenvalue weighted by Gasteiger charge is 2.40. The van der Waals surface area contributed by atoms with Crippen LogP contribution in [-0.4, -0.2) is 16.4 Å². The molecule has 0 saturated heterocycles. The van der Waals surface area contributed by atoms with E-state index >= 15 is 0 Å². The van der Waals surface area contributed by atoms with Crippen molar-refractivity contribution in [1.29, 1.82) is 0 Å². The zero-order chi connectivity index (χ0) is 13.1. The van der Waals surface area contributed by atoms with Gasteiger partial charge in [-0.2, -0.15) is 0 Å². The van der Waals surface area contributed by atoms with Crippen molar-refractivity contribution in [2.45, 2.75) is 23.6 Å². The minimum absolute atomic E-state index is 0.252. The summed E-state index contributed by atoms with van der Waals surface area (Å²) in [6, 6.07) is 7.24. The Hall–Kier alpha value is -0.440. The van der Waals surface area contributed by atoms with Crippen LogP contribution >= 0.6 is 34.8 Å². The number of benzene rings is 1. The van der Waals surface area contributed by atoms with Crippen molar-refractivity contribution in [3.05, 3.63) is 35.4 Å². The lowest BCUT2D eigenvalue weighted by Crippen LogP contribution is -2.27. The summed E-state index contributed by atoms with van der Waals surface area (Å²) in [7, 11) is 0. The quantitative estimate of drug-likeness (QED) is 0.622.